The molecular weight excluding hydrogens is 404 g/mol. The zero-order valence-electron chi connectivity index (χ0n) is 16.6. The van der Waals surface area contributed by atoms with Gasteiger partial charge in [0, 0.05) is 29.5 Å². The van der Waals surface area contributed by atoms with Crippen LogP contribution < -0.4 is 5.32 Å². The fraction of sp³-hybridized carbons (Fsp3) is 0.333. The normalized spacial score (nSPS) is 11.8. The minimum absolute atomic E-state index is 0.166. The molecule has 150 valence electrons. The minimum Gasteiger partial charge on any atom is -0.446 e. The summed E-state index contributed by atoms with van der Waals surface area (Å²) in [6.45, 7) is 6.53. The predicted molar refractivity (Wildman–Crippen MR) is 117 cm³/mol. The third-order valence-corrected chi connectivity index (χ3v) is 6.02. The van der Waals surface area contributed by atoms with Crippen LogP contribution >= 0.6 is 22.7 Å². The molecule has 0 saturated carbocycles. The van der Waals surface area contributed by atoms with Crippen molar-refractivity contribution in [3.8, 4) is 0 Å². The zero-order valence-corrected chi connectivity index (χ0v) is 18.2. The molecule has 0 atom stereocenters. The van der Waals surface area contributed by atoms with Crippen LogP contribution in [0.3, 0.4) is 0 Å². The molecule has 1 N–H and O–H groups in total. The Balaban J connectivity index is 1.34. The number of aryl methyl sites for hydroxylation is 2. The van der Waals surface area contributed by atoms with Gasteiger partial charge in [-0.25, -0.2) is 15.0 Å². The maximum atomic E-state index is 12.5. The largest absolute Gasteiger partial charge is 0.446 e. The number of thiazole rings is 2. The van der Waals surface area contributed by atoms with Crippen molar-refractivity contribution in [1.82, 2.24) is 15.0 Å². The lowest BCUT2D eigenvalue weighted by atomic mass is 9.91. The Labute approximate surface area is 177 Å². The van der Waals surface area contributed by atoms with Gasteiger partial charge in [0.25, 0.3) is 5.91 Å². The summed E-state index contributed by atoms with van der Waals surface area (Å²) >= 11 is 2.99. The Bertz CT molecular complexity index is 1140. The van der Waals surface area contributed by atoms with Gasteiger partial charge in [0.2, 0.25) is 0 Å². The number of aromatic nitrogens is 3. The molecule has 0 aliphatic heterocycles. The standard InChI is InChI=1S/C21H22N4O2S2/c1-21(2,3)9-14-10-22-18(27-14)7-5-15-11-23-20(29-15)25-19(26)13-4-6-16-17(8-13)28-12-24-16/h4,6,8,10-12H,5,7,9H2,1-3H3,(H,23,25,26). The summed E-state index contributed by atoms with van der Waals surface area (Å²) < 4.78 is 6.83. The number of rotatable bonds is 6. The van der Waals surface area contributed by atoms with Crippen molar-refractivity contribution in [2.45, 2.75) is 40.0 Å². The second-order valence-electron chi connectivity index (χ2n) is 8.08. The van der Waals surface area contributed by atoms with Gasteiger partial charge >= 0.3 is 0 Å². The van der Waals surface area contributed by atoms with Crippen LogP contribution in [0.15, 0.2) is 40.5 Å². The van der Waals surface area contributed by atoms with E-state index in [-0.39, 0.29) is 11.3 Å². The quantitative estimate of drug-likeness (QED) is 0.448. The number of carbonyl (C=O) groups excluding carboxylic acids is 1. The van der Waals surface area contributed by atoms with E-state index >= 15 is 0 Å². The number of nitrogens with zero attached hydrogens (tertiary/aromatic N) is 3. The van der Waals surface area contributed by atoms with Gasteiger partial charge in [-0.2, -0.15) is 0 Å². The summed E-state index contributed by atoms with van der Waals surface area (Å²) in [5, 5.41) is 3.47. The number of amides is 1. The Morgan fingerprint density at radius 2 is 2.00 bits per heavy atom. The molecule has 0 unspecified atom stereocenters. The van der Waals surface area contributed by atoms with E-state index in [2.05, 4.69) is 41.0 Å². The highest BCUT2D eigenvalue weighted by molar-refractivity contribution is 7.16. The number of oxazole rings is 1. The van der Waals surface area contributed by atoms with Crippen molar-refractivity contribution >= 4 is 43.9 Å². The molecule has 6 nitrogen and oxygen atoms in total. The van der Waals surface area contributed by atoms with E-state index in [0.717, 1.165) is 39.6 Å². The number of fused-ring (bicyclic) bond motifs is 1. The number of hydrogen-bond acceptors (Lipinski definition) is 7. The SMILES string of the molecule is CC(C)(C)Cc1cnc(CCc2cnc(NC(=O)c3ccc4ncsc4c3)s2)o1. The maximum Gasteiger partial charge on any atom is 0.257 e. The third kappa shape index (κ3) is 5.07. The van der Waals surface area contributed by atoms with E-state index in [1.807, 2.05) is 18.3 Å². The predicted octanol–water partition coefficient (Wildman–Crippen LogP) is 5.37. The van der Waals surface area contributed by atoms with Crippen molar-refractivity contribution in [2.24, 2.45) is 5.41 Å². The fourth-order valence-corrected chi connectivity index (χ4v) is 4.47. The molecule has 0 saturated heterocycles. The average molecular weight is 427 g/mol. The molecule has 0 aliphatic carbocycles. The molecular formula is C21H22N4O2S2. The monoisotopic (exact) mass is 426 g/mol. The van der Waals surface area contributed by atoms with Crippen molar-refractivity contribution in [3.63, 3.8) is 0 Å². The first-order valence-corrected chi connectivity index (χ1v) is 11.1. The molecule has 8 heteroatoms. The Morgan fingerprint density at radius 3 is 2.83 bits per heavy atom. The van der Waals surface area contributed by atoms with Gasteiger partial charge in [0.05, 0.1) is 21.9 Å². The summed E-state index contributed by atoms with van der Waals surface area (Å²) in [5.74, 6) is 1.49. The van der Waals surface area contributed by atoms with Crippen LogP contribution in [0, 0.1) is 5.41 Å². The van der Waals surface area contributed by atoms with Crippen LogP contribution in [0.1, 0.15) is 47.7 Å². The Kier molecular flexibility index (Phi) is 5.47. The van der Waals surface area contributed by atoms with Gasteiger partial charge in [-0.15, -0.1) is 22.7 Å². The molecule has 0 spiro atoms. The summed E-state index contributed by atoms with van der Waals surface area (Å²) in [4.78, 5) is 26.5. The van der Waals surface area contributed by atoms with Crippen molar-refractivity contribution < 1.29 is 9.21 Å². The van der Waals surface area contributed by atoms with E-state index in [1.54, 1.807) is 17.8 Å². The smallest absolute Gasteiger partial charge is 0.257 e. The lowest BCUT2D eigenvalue weighted by Gasteiger charge is -2.15. The highest BCUT2D eigenvalue weighted by Crippen LogP contribution is 2.24. The number of anilines is 1. The van der Waals surface area contributed by atoms with Gasteiger partial charge in [0.15, 0.2) is 11.0 Å². The second kappa shape index (κ2) is 8.04. The topological polar surface area (TPSA) is 80.9 Å². The summed E-state index contributed by atoms with van der Waals surface area (Å²) in [6, 6.07) is 5.50. The number of hydrogen-bond donors (Lipinski definition) is 1. The average Bonchev–Trinajstić information content (AvgIpc) is 3.38. The first-order valence-electron chi connectivity index (χ1n) is 9.39. The maximum absolute atomic E-state index is 12.5. The molecule has 4 rings (SSSR count). The van der Waals surface area contributed by atoms with E-state index in [1.165, 1.54) is 22.7 Å². The molecule has 0 bridgehead atoms. The summed E-state index contributed by atoms with van der Waals surface area (Å²) in [6.07, 6.45) is 5.96. The lowest BCUT2D eigenvalue weighted by Crippen LogP contribution is -2.11. The van der Waals surface area contributed by atoms with Crippen LogP contribution in [0.25, 0.3) is 10.2 Å². The number of benzene rings is 1. The van der Waals surface area contributed by atoms with Crippen LogP contribution in [0.5, 0.6) is 0 Å². The third-order valence-electron chi connectivity index (χ3n) is 4.26. The minimum atomic E-state index is -0.166. The Hall–Kier alpha value is -2.58. The number of nitrogens with one attached hydrogen (secondary N) is 1. The van der Waals surface area contributed by atoms with Gasteiger partial charge in [-0.05, 0) is 30.0 Å². The molecule has 1 aromatic carbocycles. The molecule has 29 heavy (non-hydrogen) atoms. The van der Waals surface area contributed by atoms with E-state index in [9.17, 15) is 4.79 Å². The summed E-state index contributed by atoms with van der Waals surface area (Å²) in [5.41, 5.74) is 3.45. The highest BCUT2D eigenvalue weighted by Gasteiger charge is 2.15. The molecule has 1 amide bonds. The van der Waals surface area contributed by atoms with Crippen LogP contribution in [0.2, 0.25) is 0 Å². The highest BCUT2D eigenvalue weighted by atomic mass is 32.1. The lowest BCUT2D eigenvalue weighted by molar-refractivity contribution is 0.102. The molecule has 3 aromatic heterocycles. The number of carbonyl (C=O) groups is 1. The van der Waals surface area contributed by atoms with Crippen molar-refractivity contribution in [3.05, 3.63) is 58.2 Å². The van der Waals surface area contributed by atoms with E-state index < -0.39 is 0 Å². The fourth-order valence-electron chi connectivity index (χ4n) is 2.94. The van der Waals surface area contributed by atoms with Crippen molar-refractivity contribution in [2.75, 3.05) is 5.32 Å². The van der Waals surface area contributed by atoms with Crippen LogP contribution in [-0.4, -0.2) is 20.9 Å². The summed E-state index contributed by atoms with van der Waals surface area (Å²) in [7, 11) is 0. The van der Waals surface area contributed by atoms with Gasteiger partial charge < -0.3 is 4.42 Å². The second-order valence-corrected chi connectivity index (χ2v) is 10.1. The zero-order chi connectivity index (χ0) is 20.4. The van der Waals surface area contributed by atoms with E-state index in [4.69, 9.17) is 4.42 Å². The van der Waals surface area contributed by atoms with Crippen LogP contribution in [-0.2, 0) is 19.3 Å². The van der Waals surface area contributed by atoms with E-state index in [0.29, 0.717) is 17.1 Å². The molecule has 3 heterocycles. The molecule has 0 aliphatic rings. The molecule has 4 aromatic rings. The van der Waals surface area contributed by atoms with Gasteiger partial charge in [0.1, 0.15) is 5.76 Å². The first-order chi connectivity index (χ1) is 13.9. The molecule has 0 radical (unpaired) electrons. The molecule has 0 fully saturated rings. The Morgan fingerprint density at radius 1 is 1.14 bits per heavy atom. The first kappa shape index (κ1) is 19.7. The van der Waals surface area contributed by atoms with Gasteiger partial charge in [-0.1, -0.05) is 20.8 Å². The van der Waals surface area contributed by atoms with Crippen LogP contribution in [0.4, 0.5) is 5.13 Å². The van der Waals surface area contributed by atoms with Gasteiger partial charge in [-0.3, -0.25) is 10.1 Å². The van der Waals surface area contributed by atoms with Crippen molar-refractivity contribution in [1.29, 1.82) is 0 Å².